The van der Waals surface area contributed by atoms with Crippen LogP contribution >= 0.6 is 0 Å². The lowest BCUT2D eigenvalue weighted by atomic mass is 10.0. The number of benzene rings is 1. The van der Waals surface area contributed by atoms with Crippen molar-refractivity contribution < 1.29 is 27.5 Å². The van der Waals surface area contributed by atoms with Gasteiger partial charge in [-0.25, -0.2) is 8.42 Å². The van der Waals surface area contributed by atoms with E-state index < -0.39 is 22.1 Å². The van der Waals surface area contributed by atoms with E-state index in [2.05, 4.69) is 10.3 Å². The molecule has 3 heterocycles. The van der Waals surface area contributed by atoms with E-state index >= 15 is 0 Å². The van der Waals surface area contributed by atoms with Gasteiger partial charge >= 0.3 is 0 Å². The molecule has 0 saturated carbocycles. The number of aromatic nitrogens is 1. The summed E-state index contributed by atoms with van der Waals surface area (Å²) in [5, 5.41) is 2.86. The second-order valence-electron chi connectivity index (χ2n) is 9.60. The highest BCUT2D eigenvalue weighted by Gasteiger charge is 2.53. The Bertz CT molecular complexity index is 1240. The van der Waals surface area contributed by atoms with Crippen LogP contribution in [0.5, 0.6) is 5.75 Å². The van der Waals surface area contributed by atoms with Crippen LogP contribution < -0.4 is 10.1 Å². The molecule has 1 N–H and O–H groups in total. The number of carbonyl (C=O) groups excluding carboxylic acids is 3. The number of likely N-dealkylation sites (tertiary alicyclic amines) is 1. The summed E-state index contributed by atoms with van der Waals surface area (Å²) in [5.74, 6) is -0.198. The van der Waals surface area contributed by atoms with E-state index in [9.17, 15) is 22.8 Å². The van der Waals surface area contributed by atoms with Crippen molar-refractivity contribution in [3.05, 3.63) is 59.9 Å². The Morgan fingerprint density at radius 2 is 1.97 bits per heavy atom. The third kappa shape index (κ3) is 6.16. The van der Waals surface area contributed by atoms with Crippen LogP contribution in [0.15, 0.2) is 48.8 Å². The highest BCUT2D eigenvalue weighted by molar-refractivity contribution is 7.88. The Morgan fingerprint density at radius 3 is 2.65 bits per heavy atom. The van der Waals surface area contributed by atoms with Gasteiger partial charge in [0.25, 0.3) is 5.91 Å². The van der Waals surface area contributed by atoms with E-state index in [4.69, 9.17) is 4.74 Å². The van der Waals surface area contributed by atoms with Crippen LogP contribution in [-0.2, 0) is 25.4 Å². The fourth-order valence-corrected chi connectivity index (χ4v) is 6.70. The van der Waals surface area contributed by atoms with Crippen LogP contribution in [-0.4, -0.2) is 79.0 Å². The maximum atomic E-state index is 13.1. The number of ether oxygens (including phenoxy) is 1. The number of amides is 2. The molecule has 11 heteroatoms. The largest absolute Gasteiger partial charge is 0.497 e. The fourth-order valence-electron chi connectivity index (χ4n) is 4.99. The minimum absolute atomic E-state index is 0.0235. The van der Waals surface area contributed by atoms with Crippen molar-refractivity contribution >= 4 is 27.6 Å². The topological polar surface area (TPSA) is 126 Å². The van der Waals surface area contributed by atoms with E-state index in [1.807, 2.05) is 6.92 Å². The van der Waals surface area contributed by atoms with Gasteiger partial charge < -0.3 is 15.0 Å². The van der Waals surface area contributed by atoms with Crippen LogP contribution in [0.2, 0.25) is 0 Å². The summed E-state index contributed by atoms with van der Waals surface area (Å²) >= 11 is 0. The second kappa shape index (κ2) is 11.4. The van der Waals surface area contributed by atoms with Gasteiger partial charge in [0.05, 0.1) is 25.4 Å². The molecule has 1 aromatic carbocycles. The molecule has 4 rings (SSSR count). The van der Waals surface area contributed by atoms with Crippen molar-refractivity contribution in [3.63, 3.8) is 0 Å². The molecule has 2 aliphatic rings. The first-order valence-corrected chi connectivity index (χ1v) is 13.9. The molecule has 10 nitrogen and oxygen atoms in total. The smallest absolute Gasteiger partial charge is 0.251 e. The summed E-state index contributed by atoms with van der Waals surface area (Å²) in [7, 11) is -2.17. The molecule has 198 valence electrons. The van der Waals surface area contributed by atoms with Crippen LogP contribution in [0.3, 0.4) is 0 Å². The number of nitrogens with zero attached hydrogens (tertiary/aromatic N) is 3. The number of hydrogen-bond acceptors (Lipinski definition) is 7. The summed E-state index contributed by atoms with van der Waals surface area (Å²) < 4.78 is 32.5. The van der Waals surface area contributed by atoms with Gasteiger partial charge in [-0.05, 0) is 54.7 Å². The normalized spacial score (nSPS) is 20.5. The molecule has 2 aliphatic heterocycles. The third-order valence-electron chi connectivity index (χ3n) is 6.92. The number of hydrogen-bond donors (Lipinski definition) is 1. The summed E-state index contributed by atoms with van der Waals surface area (Å²) in [5.41, 5.74) is 1.08. The van der Waals surface area contributed by atoms with E-state index in [0.29, 0.717) is 42.8 Å². The maximum absolute atomic E-state index is 13.1. The van der Waals surface area contributed by atoms with Crippen molar-refractivity contribution in [2.45, 2.75) is 44.0 Å². The minimum Gasteiger partial charge on any atom is -0.497 e. The van der Waals surface area contributed by atoms with Crippen LogP contribution in [0.1, 0.15) is 42.1 Å². The highest BCUT2D eigenvalue weighted by Crippen LogP contribution is 2.33. The molecule has 2 amide bonds. The maximum Gasteiger partial charge on any atom is 0.251 e. The molecule has 2 saturated heterocycles. The Kier molecular flexibility index (Phi) is 8.23. The number of fused-ring (bicyclic) bond motifs is 1. The number of Topliss-reactive ketones (excluding diaryl/α,β-unsaturated/α-hetero) is 1. The predicted octanol–water partition coefficient (Wildman–Crippen LogP) is 1.62. The number of sulfonamides is 1. The Balaban J connectivity index is 1.28. The molecular weight excluding hydrogens is 496 g/mol. The van der Waals surface area contributed by atoms with Crippen LogP contribution in [0, 0.1) is 5.92 Å². The van der Waals surface area contributed by atoms with Gasteiger partial charge in [-0.15, -0.1) is 0 Å². The van der Waals surface area contributed by atoms with E-state index in [0.717, 1.165) is 0 Å². The summed E-state index contributed by atoms with van der Waals surface area (Å²) in [6.45, 7) is 2.46. The van der Waals surface area contributed by atoms with Crippen molar-refractivity contribution in [1.29, 1.82) is 0 Å². The monoisotopic (exact) mass is 528 g/mol. The van der Waals surface area contributed by atoms with E-state index in [1.165, 1.54) is 10.5 Å². The molecule has 37 heavy (non-hydrogen) atoms. The highest BCUT2D eigenvalue weighted by atomic mass is 32.2. The van der Waals surface area contributed by atoms with Gasteiger partial charge in [0, 0.05) is 37.5 Å². The summed E-state index contributed by atoms with van der Waals surface area (Å²) in [6.07, 6.45) is 4.31. The molecular formula is C26H32N4O6S. The average Bonchev–Trinajstić information content (AvgIpc) is 3.46. The molecule has 1 aromatic heterocycles. The Hall–Kier alpha value is -3.31. The van der Waals surface area contributed by atoms with Gasteiger partial charge in [0.2, 0.25) is 15.9 Å². The molecule has 2 aromatic rings. The number of methoxy groups -OCH3 is 1. The first-order chi connectivity index (χ1) is 17.7. The van der Waals surface area contributed by atoms with Gasteiger partial charge in [0.1, 0.15) is 11.8 Å². The molecule has 2 fully saturated rings. The lowest BCUT2D eigenvalue weighted by molar-refractivity contribution is -0.137. The third-order valence-corrected chi connectivity index (χ3v) is 8.74. The number of ketones is 1. The van der Waals surface area contributed by atoms with Crippen molar-refractivity contribution in [2.75, 3.05) is 26.7 Å². The number of rotatable bonds is 10. The first kappa shape index (κ1) is 26.7. The van der Waals surface area contributed by atoms with Crippen LogP contribution in [0.4, 0.5) is 0 Å². The minimum atomic E-state index is -3.73. The Morgan fingerprint density at radius 1 is 1.22 bits per heavy atom. The molecule has 3 unspecified atom stereocenters. The zero-order chi connectivity index (χ0) is 26.6. The molecule has 3 atom stereocenters. The van der Waals surface area contributed by atoms with Gasteiger partial charge in [-0.2, -0.15) is 4.31 Å². The van der Waals surface area contributed by atoms with E-state index in [1.54, 1.807) is 54.6 Å². The number of pyridine rings is 1. The fraction of sp³-hybridized carbons (Fsp3) is 0.462. The zero-order valence-corrected chi connectivity index (χ0v) is 21.8. The molecule has 0 bridgehead atoms. The SMILES string of the molecule is COc1ccc(C(=O)NCCC(C)CC(=O)N2CCC3C2C(=O)CN3S(=O)(=O)Cc2cccnc2)cc1. The Labute approximate surface area is 217 Å². The van der Waals surface area contributed by atoms with Crippen molar-refractivity contribution in [2.24, 2.45) is 5.92 Å². The van der Waals surface area contributed by atoms with Gasteiger partial charge in [0.15, 0.2) is 5.78 Å². The molecule has 0 radical (unpaired) electrons. The average molecular weight is 529 g/mol. The van der Waals surface area contributed by atoms with Crippen LogP contribution in [0.25, 0.3) is 0 Å². The standard InChI is InChI=1S/C26H32N4O6S/c1-18(9-12-28-26(33)20-5-7-21(36-2)8-6-20)14-24(32)29-13-10-22-25(29)23(31)16-30(22)37(34,35)17-19-4-3-11-27-15-19/h3-8,11,15,18,22,25H,9-10,12-14,16-17H2,1-2H3,(H,28,33). The quantitative estimate of drug-likeness (QED) is 0.497. The van der Waals surface area contributed by atoms with Crippen molar-refractivity contribution in [3.8, 4) is 5.75 Å². The first-order valence-electron chi connectivity index (χ1n) is 12.3. The van der Waals surface area contributed by atoms with E-state index in [-0.39, 0.29) is 42.2 Å². The van der Waals surface area contributed by atoms with Crippen molar-refractivity contribution in [1.82, 2.24) is 19.5 Å². The zero-order valence-electron chi connectivity index (χ0n) is 21.0. The molecule has 0 aliphatic carbocycles. The lowest BCUT2D eigenvalue weighted by Crippen LogP contribution is -2.44. The summed E-state index contributed by atoms with van der Waals surface area (Å²) in [4.78, 5) is 43.7. The lowest BCUT2D eigenvalue weighted by Gasteiger charge is -2.25. The van der Waals surface area contributed by atoms with Gasteiger partial charge in [-0.3, -0.25) is 19.4 Å². The number of nitrogens with one attached hydrogen (secondary N) is 1. The number of carbonyl (C=O) groups is 3. The second-order valence-corrected chi connectivity index (χ2v) is 11.5. The summed E-state index contributed by atoms with van der Waals surface area (Å²) in [6, 6.07) is 8.89. The molecule has 0 spiro atoms. The predicted molar refractivity (Wildman–Crippen MR) is 136 cm³/mol. The van der Waals surface area contributed by atoms with Gasteiger partial charge in [-0.1, -0.05) is 13.0 Å².